The molecule has 1 atom stereocenters. The van der Waals surface area contributed by atoms with Gasteiger partial charge in [-0.2, -0.15) is 5.10 Å². The summed E-state index contributed by atoms with van der Waals surface area (Å²) in [5.74, 6) is 0.586. The molecular formula is C15H21Cl2N5O. The van der Waals surface area contributed by atoms with E-state index in [-0.39, 0.29) is 36.6 Å². The number of nitrogens with zero attached hydrogens (tertiary/aromatic N) is 3. The lowest BCUT2D eigenvalue weighted by molar-refractivity contribution is -0.121. The molecule has 1 aliphatic heterocycles. The molecule has 0 bridgehead atoms. The summed E-state index contributed by atoms with van der Waals surface area (Å²) in [6, 6.07) is 7.84. The van der Waals surface area contributed by atoms with Crippen LogP contribution in [-0.2, 0) is 11.3 Å². The second-order valence-electron chi connectivity index (χ2n) is 5.49. The highest BCUT2D eigenvalue weighted by Crippen LogP contribution is 2.18. The Morgan fingerprint density at radius 3 is 2.57 bits per heavy atom. The number of nitrogens with one attached hydrogen (secondary N) is 2. The zero-order valence-corrected chi connectivity index (χ0v) is 14.4. The van der Waals surface area contributed by atoms with Crippen LogP contribution in [0.2, 0.25) is 0 Å². The van der Waals surface area contributed by atoms with Gasteiger partial charge in [-0.3, -0.25) is 4.79 Å². The number of carbonyl (C=O) groups is 1. The Kier molecular flexibility index (Phi) is 7.48. The third-order valence-electron chi connectivity index (χ3n) is 3.97. The van der Waals surface area contributed by atoms with Gasteiger partial charge >= 0.3 is 0 Å². The summed E-state index contributed by atoms with van der Waals surface area (Å²) in [7, 11) is 0. The van der Waals surface area contributed by atoms with Gasteiger partial charge < -0.3 is 10.6 Å². The third kappa shape index (κ3) is 4.92. The van der Waals surface area contributed by atoms with Gasteiger partial charge in [0.1, 0.15) is 12.7 Å². The summed E-state index contributed by atoms with van der Waals surface area (Å²) in [4.78, 5) is 16.0. The fourth-order valence-corrected chi connectivity index (χ4v) is 2.33. The van der Waals surface area contributed by atoms with Crippen LogP contribution >= 0.6 is 24.8 Å². The molecule has 6 nitrogen and oxygen atoms in total. The molecular weight excluding hydrogens is 337 g/mol. The van der Waals surface area contributed by atoms with Gasteiger partial charge in [0.2, 0.25) is 5.91 Å². The van der Waals surface area contributed by atoms with E-state index in [1.165, 1.54) is 6.33 Å². The molecule has 2 aromatic rings. The van der Waals surface area contributed by atoms with E-state index >= 15 is 0 Å². The van der Waals surface area contributed by atoms with E-state index in [0.29, 0.717) is 12.5 Å². The van der Waals surface area contributed by atoms with E-state index in [1.807, 2.05) is 31.2 Å². The van der Waals surface area contributed by atoms with Crippen LogP contribution in [0.25, 0.3) is 0 Å². The molecule has 1 aromatic heterocycles. The highest BCUT2D eigenvalue weighted by molar-refractivity contribution is 5.92. The maximum Gasteiger partial charge on any atom is 0.227 e. The van der Waals surface area contributed by atoms with Crippen molar-refractivity contribution in [3.63, 3.8) is 0 Å². The fraction of sp³-hybridized carbons (Fsp3) is 0.400. The van der Waals surface area contributed by atoms with Crippen LogP contribution in [0, 0.1) is 11.8 Å². The molecule has 2 N–H and O–H groups in total. The minimum atomic E-state index is 0. The fourth-order valence-electron chi connectivity index (χ4n) is 2.33. The quantitative estimate of drug-likeness (QED) is 0.857. The number of carbonyl (C=O) groups excluding carboxylic acids is 1. The third-order valence-corrected chi connectivity index (χ3v) is 3.97. The molecule has 1 aromatic carbocycles. The van der Waals surface area contributed by atoms with Crippen molar-refractivity contribution < 1.29 is 4.79 Å². The zero-order chi connectivity index (χ0) is 14.7. The molecule has 126 valence electrons. The lowest BCUT2D eigenvalue weighted by atomic mass is 9.88. The minimum Gasteiger partial charge on any atom is -0.326 e. The van der Waals surface area contributed by atoms with E-state index in [2.05, 4.69) is 20.7 Å². The molecule has 1 fully saturated rings. The van der Waals surface area contributed by atoms with Crippen molar-refractivity contribution >= 4 is 36.4 Å². The van der Waals surface area contributed by atoms with E-state index in [1.54, 1.807) is 11.0 Å². The van der Waals surface area contributed by atoms with Gasteiger partial charge in [-0.05, 0) is 36.7 Å². The maximum atomic E-state index is 12.1. The van der Waals surface area contributed by atoms with Crippen LogP contribution in [0.4, 0.5) is 5.69 Å². The van der Waals surface area contributed by atoms with Gasteiger partial charge in [0.25, 0.3) is 0 Å². The average Bonchev–Trinajstić information content (AvgIpc) is 2.92. The Bertz CT molecular complexity index is 599. The van der Waals surface area contributed by atoms with E-state index in [9.17, 15) is 4.79 Å². The van der Waals surface area contributed by atoms with Crippen LogP contribution in [0.15, 0.2) is 36.9 Å². The van der Waals surface area contributed by atoms with Crippen LogP contribution in [0.1, 0.15) is 12.5 Å². The van der Waals surface area contributed by atoms with Gasteiger partial charge in [0, 0.05) is 11.6 Å². The Balaban J connectivity index is 0.00000132. The summed E-state index contributed by atoms with van der Waals surface area (Å²) in [6.07, 6.45) is 3.20. The van der Waals surface area contributed by atoms with Gasteiger partial charge in [-0.15, -0.1) is 24.8 Å². The Hall–Kier alpha value is -1.63. The van der Waals surface area contributed by atoms with Crippen molar-refractivity contribution in [2.45, 2.75) is 13.5 Å². The van der Waals surface area contributed by atoms with Crippen LogP contribution < -0.4 is 10.6 Å². The van der Waals surface area contributed by atoms with Gasteiger partial charge in [0.15, 0.2) is 0 Å². The number of aromatic nitrogens is 3. The molecule has 1 unspecified atom stereocenters. The van der Waals surface area contributed by atoms with E-state index in [4.69, 9.17) is 0 Å². The first-order chi connectivity index (χ1) is 10.2. The highest BCUT2D eigenvalue weighted by Gasteiger charge is 2.28. The molecule has 0 saturated carbocycles. The maximum absolute atomic E-state index is 12.1. The molecule has 0 aliphatic carbocycles. The standard InChI is InChI=1S/C15H19N5O.2ClH/c1-11(13-6-16-7-13)15(21)19-14-4-2-12(3-5-14)8-20-10-17-9-18-20;;/h2-5,9-11,13,16H,6-8H2,1H3,(H,19,21);2*1H. The van der Waals surface area contributed by atoms with Gasteiger partial charge in [-0.25, -0.2) is 9.67 Å². The normalized spacial score (nSPS) is 14.8. The molecule has 0 radical (unpaired) electrons. The number of anilines is 1. The Labute approximate surface area is 147 Å². The van der Waals surface area contributed by atoms with Crippen LogP contribution in [-0.4, -0.2) is 33.8 Å². The summed E-state index contributed by atoms with van der Waals surface area (Å²) in [5, 5.41) is 10.2. The largest absolute Gasteiger partial charge is 0.326 e. The molecule has 23 heavy (non-hydrogen) atoms. The second kappa shape index (κ2) is 8.86. The first-order valence-electron chi connectivity index (χ1n) is 7.15. The number of amides is 1. The van der Waals surface area contributed by atoms with Crippen molar-refractivity contribution in [2.24, 2.45) is 11.8 Å². The van der Waals surface area contributed by atoms with Crippen molar-refractivity contribution in [1.82, 2.24) is 20.1 Å². The van der Waals surface area contributed by atoms with Crippen molar-refractivity contribution in [2.75, 3.05) is 18.4 Å². The number of benzene rings is 1. The molecule has 0 spiro atoms. The topological polar surface area (TPSA) is 71.8 Å². The van der Waals surface area contributed by atoms with Crippen molar-refractivity contribution in [1.29, 1.82) is 0 Å². The SMILES string of the molecule is CC(C(=O)Nc1ccc(Cn2cncn2)cc1)C1CNC1.Cl.Cl. The molecule has 2 heterocycles. The zero-order valence-electron chi connectivity index (χ0n) is 12.8. The van der Waals surface area contributed by atoms with E-state index in [0.717, 1.165) is 24.3 Å². The second-order valence-corrected chi connectivity index (χ2v) is 5.49. The first-order valence-corrected chi connectivity index (χ1v) is 7.15. The Morgan fingerprint density at radius 1 is 1.35 bits per heavy atom. The van der Waals surface area contributed by atoms with Gasteiger partial charge in [0.05, 0.1) is 6.54 Å². The molecule has 1 saturated heterocycles. The van der Waals surface area contributed by atoms with E-state index < -0.39 is 0 Å². The van der Waals surface area contributed by atoms with Crippen LogP contribution in [0.5, 0.6) is 0 Å². The number of hydrogen-bond donors (Lipinski definition) is 2. The predicted octanol–water partition coefficient (Wildman–Crippen LogP) is 1.96. The molecule has 1 aliphatic rings. The molecule has 1 amide bonds. The number of halogens is 2. The Morgan fingerprint density at radius 2 is 2.04 bits per heavy atom. The predicted molar refractivity (Wildman–Crippen MR) is 94.2 cm³/mol. The lowest BCUT2D eigenvalue weighted by Crippen LogP contribution is -2.48. The van der Waals surface area contributed by atoms with Crippen molar-refractivity contribution in [3.05, 3.63) is 42.5 Å². The summed E-state index contributed by atoms with van der Waals surface area (Å²) < 4.78 is 1.76. The summed E-state index contributed by atoms with van der Waals surface area (Å²) in [5.41, 5.74) is 1.95. The highest BCUT2D eigenvalue weighted by atomic mass is 35.5. The van der Waals surface area contributed by atoms with Crippen LogP contribution in [0.3, 0.4) is 0 Å². The number of hydrogen-bond acceptors (Lipinski definition) is 4. The van der Waals surface area contributed by atoms with Crippen molar-refractivity contribution in [3.8, 4) is 0 Å². The first kappa shape index (κ1) is 19.4. The monoisotopic (exact) mass is 357 g/mol. The smallest absolute Gasteiger partial charge is 0.227 e. The van der Waals surface area contributed by atoms with Gasteiger partial charge in [-0.1, -0.05) is 19.1 Å². The molecule has 3 rings (SSSR count). The number of rotatable bonds is 5. The molecule has 8 heteroatoms. The summed E-state index contributed by atoms with van der Waals surface area (Å²) in [6.45, 7) is 4.54. The lowest BCUT2D eigenvalue weighted by Gasteiger charge is -2.31. The average molecular weight is 358 g/mol. The minimum absolute atomic E-state index is 0. The summed E-state index contributed by atoms with van der Waals surface area (Å²) >= 11 is 0.